The van der Waals surface area contributed by atoms with Gasteiger partial charge in [0.25, 0.3) is 0 Å². The summed E-state index contributed by atoms with van der Waals surface area (Å²) in [6.07, 6.45) is 1.12. The van der Waals surface area contributed by atoms with Crippen molar-refractivity contribution in [3.05, 3.63) is 0 Å². The van der Waals surface area contributed by atoms with Crippen LogP contribution in [0.5, 0.6) is 0 Å². The molecule has 0 saturated carbocycles. The predicted molar refractivity (Wildman–Crippen MR) is 56.7 cm³/mol. The monoisotopic (exact) mass is 199 g/mol. The van der Waals surface area contributed by atoms with Gasteiger partial charge in [-0.05, 0) is 18.8 Å². The maximum Gasteiger partial charge on any atom is 0.223 e. The summed E-state index contributed by atoms with van der Waals surface area (Å²) in [4.78, 5) is 22.1. The number of hydrogen-bond donors (Lipinski definition) is 1. The first-order valence-electron chi connectivity index (χ1n) is 4.86. The van der Waals surface area contributed by atoms with E-state index in [4.69, 9.17) is 5.73 Å². The van der Waals surface area contributed by atoms with Crippen molar-refractivity contribution in [3.63, 3.8) is 0 Å². The van der Waals surface area contributed by atoms with Crippen molar-refractivity contribution in [2.24, 2.45) is 16.6 Å². The van der Waals surface area contributed by atoms with Crippen molar-refractivity contribution in [1.29, 1.82) is 0 Å². The van der Waals surface area contributed by atoms with Crippen molar-refractivity contribution in [1.82, 2.24) is 0 Å². The van der Waals surface area contributed by atoms with Gasteiger partial charge in [-0.15, -0.1) is 0 Å². The third-order valence-electron chi connectivity index (χ3n) is 2.32. The lowest BCUT2D eigenvalue weighted by Gasteiger charge is -2.32. The van der Waals surface area contributed by atoms with Crippen LogP contribution in [0.15, 0.2) is 0 Å². The Morgan fingerprint density at radius 2 is 1.57 bits per heavy atom. The molecule has 0 aromatic carbocycles. The lowest BCUT2D eigenvalue weighted by Crippen LogP contribution is -2.36. The normalized spacial score (nSPS) is 12.6. The van der Waals surface area contributed by atoms with Gasteiger partial charge in [0.05, 0.1) is 0 Å². The summed E-state index contributed by atoms with van der Waals surface area (Å²) in [5, 5.41) is 0. The van der Waals surface area contributed by atoms with Crippen LogP contribution in [0.25, 0.3) is 0 Å². The molecular weight excluding hydrogens is 178 g/mol. The van der Waals surface area contributed by atoms with Gasteiger partial charge in [0.1, 0.15) is 5.78 Å². The van der Waals surface area contributed by atoms with E-state index in [-0.39, 0.29) is 17.1 Å². The minimum atomic E-state index is -0.543. The van der Waals surface area contributed by atoms with Gasteiger partial charge >= 0.3 is 0 Å². The highest BCUT2D eigenvalue weighted by Crippen LogP contribution is 2.35. The van der Waals surface area contributed by atoms with Crippen LogP contribution in [0.4, 0.5) is 0 Å². The first-order valence-corrected chi connectivity index (χ1v) is 4.86. The molecule has 0 heterocycles. The Labute approximate surface area is 86.1 Å². The van der Waals surface area contributed by atoms with Crippen molar-refractivity contribution < 1.29 is 9.59 Å². The van der Waals surface area contributed by atoms with Crippen LogP contribution in [0, 0.1) is 10.8 Å². The topological polar surface area (TPSA) is 60.2 Å². The molecule has 0 aliphatic carbocycles. The summed E-state index contributed by atoms with van der Waals surface area (Å²) < 4.78 is 0. The van der Waals surface area contributed by atoms with Crippen molar-refractivity contribution >= 4 is 11.7 Å². The third-order valence-corrected chi connectivity index (χ3v) is 2.32. The highest BCUT2D eigenvalue weighted by molar-refractivity contribution is 5.80. The number of Topliss-reactive ketones (excluding diaryl/α,β-unsaturated/α-hetero) is 1. The Morgan fingerprint density at radius 3 is 1.86 bits per heavy atom. The highest BCUT2D eigenvalue weighted by atomic mass is 16.1. The Bertz CT molecular complexity index is 242. The Balaban J connectivity index is 4.49. The quantitative estimate of drug-likeness (QED) is 0.735. The van der Waals surface area contributed by atoms with Gasteiger partial charge < -0.3 is 10.5 Å². The number of rotatable bonds is 5. The molecule has 2 N–H and O–H groups in total. The maximum absolute atomic E-state index is 11.1. The average Bonchev–Trinajstić information content (AvgIpc) is 1.79. The van der Waals surface area contributed by atoms with E-state index in [0.717, 1.165) is 0 Å². The summed E-state index contributed by atoms with van der Waals surface area (Å²) in [6, 6.07) is 0. The summed E-state index contributed by atoms with van der Waals surface area (Å²) in [5.41, 5.74) is 4.58. The third kappa shape index (κ3) is 4.40. The summed E-state index contributed by atoms with van der Waals surface area (Å²) in [7, 11) is 0. The molecule has 0 radical (unpaired) electrons. The molecular formula is C11H21NO2. The lowest BCUT2D eigenvalue weighted by molar-refractivity contribution is -0.129. The molecule has 0 aromatic heterocycles. The predicted octanol–water partition coefficient (Wildman–Crippen LogP) is 1.89. The molecule has 0 atom stereocenters. The Hall–Kier alpha value is -0.860. The van der Waals surface area contributed by atoms with E-state index in [1.165, 1.54) is 0 Å². The van der Waals surface area contributed by atoms with Gasteiger partial charge in [0, 0.05) is 11.8 Å². The van der Waals surface area contributed by atoms with Crippen molar-refractivity contribution in [2.45, 2.75) is 47.5 Å². The number of carbonyl (C=O) groups excluding carboxylic acids is 2. The molecule has 0 aromatic rings. The van der Waals surface area contributed by atoms with Crippen LogP contribution in [-0.4, -0.2) is 11.7 Å². The second kappa shape index (κ2) is 4.11. The second-order valence-electron chi connectivity index (χ2n) is 5.47. The zero-order valence-electron chi connectivity index (χ0n) is 9.81. The maximum atomic E-state index is 11.1. The van der Waals surface area contributed by atoms with E-state index in [1.807, 2.05) is 27.7 Å². The van der Waals surface area contributed by atoms with Crippen LogP contribution in [0.2, 0.25) is 0 Å². The van der Waals surface area contributed by atoms with Crippen LogP contribution in [0.3, 0.4) is 0 Å². The minimum absolute atomic E-state index is 0.148. The average molecular weight is 199 g/mol. The SMILES string of the molecule is CC(=O)CC(C)(C)CC(C)(C)C(N)=O. The van der Waals surface area contributed by atoms with E-state index < -0.39 is 5.41 Å². The van der Waals surface area contributed by atoms with E-state index in [1.54, 1.807) is 6.92 Å². The van der Waals surface area contributed by atoms with Gasteiger partial charge in [-0.1, -0.05) is 27.7 Å². The molecule has 0 bridgehead atoms. The van der Waals surface area contributed by atoms with Crippen LogP contribution >= 0.6 is 0 Å². The summed E-state index contributed by atoms with van der Waals surface area (Å²) >= 11 is 0. The zero-order valence-corrected chi connectivity index (χ0v) is 9.81. The van der Waals surface area contributed by atoms with Crippen molar-refractivity contribution in [3.8, 4) is 0 Å². The van der Waals surface area contributed by atoms with Gasteiger partial charge in [0.2, 0.25) is 5.91 Å². The fourth-order valence-electron chi connectivity index (χ4n) is 2.02. The largest absolute Gasteiger partial charge is 0.369 e. The van der Waals surface area contributed by atoms with Crippen molar-refractivity contribution in [2.75, 3.05) is 0 Å². The Kier molecular flexibility index (Phi) is 3.86. The molecule has 0 fully saturated rings. The molecule has 14 heavy (non-hydrogen) atoms. The van der Waals surface area contributed by atoms with E-state index in [0.29, 0.717) is 12.8 Å². The molecule has 0 aliphatic rings. The zero-order chi connectivity index (χ0) is 11.6. The van der Waals surface area contributed by atoms with Gasteiger partial charge in [0.15, 0.2) is 0 Å². The van der Waals surface area contributed by atoms with Gasteiger partial charge in [-0.3, -0.25) is 4.79 Å². The Morgan fingerprint density at radius 1 is 1.14 bits per heavy atom. The van der Waals surface area contributed by atoms with Gasteiger partial charge in [-0.25, -0.2) is 0 Å². The molecule has 0 aliphatic heterocycles. The molecule has 0 unspecified atom stereocenters. The number of ketones is 1. The lowest BCUT2D eigenvalue weighted by atomic mass is 9.72. The molecule has 1 amide bonds. The van der Waals surface area contributed by atoms with E-state index in [2.05, 4.69) is 0 Å². The van der Waals surface area contributed by atoms with Crippen LogP contribution < -0.4 is 5.73 Å². The molecule has 0 saturated heterocycles. The molecule has 82 valence electrons. The molecule has 0 rings (SSSR count). The summed E-state index contributed by atoms with van der Waals surface area (Å²) in [5.74, 6) is -0.163. The second-order valence-corrected chi connectivity index (χ2v) is 5.47. The fourth-order valence-corrected chi connectivity index (χ4v) is 2.02. The number of nitrogens with two attached hydrogens (primary N) is 1. The number of carbonyl (C=O) groups is 2. The molecule has 0 spiro atoms. The smallest absolute Gasteiger partial charge is 0.223 e. The first kappa shape index (κ1) is 13.1. The number of amides is 1. The molecule has 3 heteroatoms. The number of hydrogen-bond acceptors (Lipinski definition) is 2. The van der Waals surface area contributed by atoms with E-state index in [9.17, 15) is 9.59 Å². The number of primary amides is 1. The minimum Gasteiger partial charge on any atom is -0.369 e. The fraction of sp³-hybridized carbons (Fsp3) is 0.818. The highest BCUT2D eigenvalue weighted by Gasteiger charge is 2.33. The molecule has 3 nitrogen and oxygen atoms in total. The first-order chi connectivity index (χ1) is 6.07. The summed E-state index contributed by atoms with van der Waals surface area (Å²) in [6.45, 7) is 9.17. The van der Waals surface area contributed by atoms with Gasteiger partial charge in [-0.2, -0.15) is 0 Å². The van der Waals surface area contributed by atoms with Crippen LogP contribution in [-0.2, 0) is 9.59 Å². The van der Waals surface area contributed by atoms with E-state index >= 15 is 0 Å². The van der Waals surface area contributed by atoms with Crippen LogP contribution in [0.1, 0.15) is 47.5 Å². The standard InChI is InChI=1S/C11H21NO2/c1-8(13)6-10(2,3)7-11(4,5)9(12)14/h6-7H2,1-5H3,(H2,12,14).